The highest BCUT2D eigenvalue weighted by Gasteiger charge is 2.34. The van der Waals surface area contributed by atoms with Gasteiger partial charge in [0, 0.05) is 11.4 Å². The van der Waals surface area contributed by atoms with Crippen molar-refractivity contribution in [3.63, 3.8) is 0 Å². The molecule has 2 amide bonds. The van der Waals surface area contributed by atoms with E-state index >= 15 is 0 Å². The molecule has 0 saturated carbocycles. The SMILES string of the molecule is Cc1ccc(N2C(=O)CSC2c2cccc(NC(=O)COCc3ccccc3)c2)cc1C. The molecule has 1 aliphatic rings. The number of nitrogens with one attached hydrogen (secondary N) is 1. The molecule has 0 bridgehead atoms. The van der Waals surface area contributed by atoms with E-state index in [0.717, 1.165) is 22.4 Å². The monoisotopic (exact) mass is 446 g/mol. The van der Waals surface area contributed by atoms with Gasteiger partial charge in [0.05, 0.1) is 12.4 Å². The predicted octanol–water partition coefficient (Wildman–Crippen LogP) is 5.24. The van der Waals surface area contributed by atoms with E-state index in [1.807, 2.05) is 71.6 Å². The van der Waals surface area contributed by atoms with Crippen LogP contribution in [0.25, 0.3) is 0 Å². The van der Waals surface area contributed by atoms with E-state index in [-0.39, 0.29) is 23.8 Å². The minimum atomic E-state index is -0.209. The summed E-state index contributed by atoms with van der Waals surface area (Å²) in [5, 5.41) is 2.77. The van der Waals surface area contributed by atoms with E-state index in [4.69, 9.17) is 4.74 Å². The first kappa shape index (κ1) is 22.1. The van der Waals surface area contributed by atoms with Crippen LogP contribution in [0.3, 0.4) is 0 Å². The molecule has 1 N–H and O–H groups in total. The molecule has 1 atom stereocenters. The maximum absolute atomic E-state index is 12.7. The Balaban J connectivity index is 1.43. The summed E-state index contributed by atoms with van der Waals surface area (Å²) in [7, 11) is 0. The summed E-state index contributed by atoms with van der Waals surface area (Å²) in [5.41, 5.74) is 5.94. The highest BCUT2D eigenvalue weighted by Crippen LogP contribution is 2.42. The van der Waals surface area contributed by atoms with Crippen molar-refractivity contribution in [1.82, 2.24) is 0 Å². The van der Waals surface area contributed by atoms with Crippen molar-refractivity contribution < 1.29 is 14.3 Å². The number of thioether (sulfide) groups is 1. The lowest BCUT2D eigenvalue weighted by molar-refractivity contribution is -0.121. The maximum atomic E-state index is 12.7. The van der Waals surface area contributed by atoms with Crippen molar-refractivity contribution in [2.45, 2.75) is 25.8 Å². The van der Waals surface area contributed by atoms with E-state index < -0.39 is 0 Å². The number of carbonyl (C=O) groups is 2. The molecule has 164 valence electrons. The summed E-state index contributed by atoms with van der Waals surface area (Å²) >= 11 is 1.59. The highest BCUT2D eigenvalue weighted by atomic mass is 32.2. The van der Waals surface area contributed by atoms with Gasteiger partial charge in [0.25, 0.3) is 0 Å². The van der Waals surface area contributed by atoms with Crippen LogP contribution >= 0.6 is 11.8 Å². The van der Waals surface area contributed by atoms with Gasteiger partial charge in [-0.2, -0.15) is 0 Å². The number of nitrogens with zero attached hydrogens (tertiary/aromatic N) is 1. The minimum Gasteiger partial charge on any atom is -0.367 e. The van der Waals surface area contributed by atoms with Crippen LogP contribution in [0.5, 0.6) is 0 Å². The summed E-state index contributed by atoms with van der Waals surface area (Å²) in [6.07, 6.45) is 0. The lowest BCUT2D eigenvalue weighted by Gasteiger charge is -2.25. The van der Waals surface area contributed by atoms with Gasteiger partial charge in [-0.15, -0.1) is 11.8 Å². The smallest absolute Gasteiger partial charge is 0.250 e. The Labute approximate surface area is 192 Å². The maximum Gasteiger partial charge on any atom is 0.250 e. The second-order valence-corrected chi connectivity index (χ2v) is 8.92. The van der Waals surface area contributed by atoms with Gasteiger partial charge in [-0.25, -0.2) is 0 Å². The number of amides is 2. The van der Waals surface area contributed by atoms with Gasteiger partial charge >= 0.3 is 0 Å². The molecule has 1 aliphatic heterocycles. The third kappa shape index (κ3) is 5.21. The molecule has 0 aromatic heterocycles. The number of hydrogen-bond acceptors (Lipinski definition) is 4. The lowest BCUT2D eigenvalue weighted by atomic mass is 10.1. The molecule has 3 aromatic carbocycles. The molecular formula is C26H26N2O3S. The van der Waals surface area contributed by atoms with Crippen molar-refractivity contribution in [1.29, 1.82) is 0 Å². The minimum absolute atomic E-state index is 0.0233. The molecule has 6 heteroatoms. The van der Waals surface area contributed by atoms with Gasteiger partial charge in [-0.05, 0) is 60.4 Å². The molecule has 32 heavy (non-hydrogen) atoms. The second kappa shape index (κ2) is 10.0. The largest absolute Gasteiger partial charge is 0.367 e. The van der Waals surface area contributed by atoms with Gasteiger partial charge in [0.15, 0.2) is 0 Å². The number of ether oxygens (including phenoxy) is 1. The van der Waals surface area contributed by atoms with Crippen LogP contribution in [0.2, 0.25) is 0 Å². The van der Waals surface area contributed by atoms with Gasteiger partial charge in [-0.1, -0.05) is 48.5 Å². The molecule has 0 radical (unpaired) electrons. The number of hydrogen-bond donors (Lipinski definition) is 1. The summed E-state index contributed by atoms with van der Waals surface area (Å²) in [4.78, 5) is 26.9. The van der Waals surface area contributed by atoms with Gasteiger partial charge in [-0.3, -0.25) is 14.5 Å². The van der Waals surface area contributed by atoms with E-state index in [2.05, 4.69) is 25.2 Å². The molecule has 1 saturated heterocycles. The van der Waals surface area contributed by atoms with Crippen molar-refractivity contribution in [3.05, 3.63) is 95.1 Å². The van der Waals surface area contributed by atoms with Crippen molar-refractivity contribution in [3.8, 4) is 0 Å². The Morgan fingerprint density at radius 2 is 1.84 bits per heavy atom. The fourth-order valence-corrected chi connectivity index (χ4v) is 4.80. The number of carbonyl (C=O) groups excluding carboxylic acids is 2. The highest BCUT2D eigenvalue weighted by molar-refractivity contribution is 8.00. The number of aryl methyl sites for hydroxylation is 2. The zero-order valence-corrected chi connectivity index (χ0v) is 19.0. The molecule has 4 rings (SSSR count). The van der Waals surface area contributed by atoms with Crippen LogP contribution < -0.4 is 10.2 Å². The standard InChI is InChI=1S/C26H26N2O3S/c1-18-11-12-23(13-19(18)2)28-25(30)17-32-26(28)21-9-6-10-22(14-21)27-24(29)16-31-15-20-7-4-3-5-8-20/h3-14,26H,15-17H2,1-2H3,(H,27,29). The van der Waals surface area contributed by atoms with Crippen LogP contribution in [0, 0.1) is 13.8 Å². The Morgan fingerprint density at radius 3 is 2.62 bits per heavy atom. The fourth-order valence-electron chi connectivity index (χ4n) is 3.63. The van der Waals surface area contributed by atoms with Crippen LogP contribution in [-0.4, -0.2) is 24.2 Å². The predicted molar refractivity (Wildman–Crippen MR) is 130 cm³/mol. The van der Waals surface area contributed by atoms with E-state index in [9.17, 15) is 9.59 Å². The normalized spacial score (nSPS) is 15.8. The number of benzene rings is 3. The lowest BCUT2D eigenvalue weighted by Crippen LogP contribution is -2.28. The average molecular weight is 447 g/mol. The van der Waals surface area contributed by atoms with E-state index in [1.54, 1.807) is 11.8 Å². The van der Waals surface area contributed by atoms with Crippen molar-refractivity contribution in [2.75, 3.05) is 22.6 Å². The molecular weight excluding hydrogens is 420 g/mol. The first-order chi connectivity index (χ1) is 15.5. The number of rotatable bonds is 7. The third-order valence-electron chi connectivity index (χ3n) is 5.44. The molecule has 3 aromatic rings. The topological polar surface area (TPSA) is 58.6 Å². The Bertz CT molecular complexity index is 1120. The molecule has 1 unspecified atom stereocenters. The Morgan fingerprint density at radius 1 is 1.03 bits per heavy atom. The zero-order valence-electron chi connectivity index (χ0n) is 18.2. The van der Waals surface area contributed by atoms with Crippen LogP contribution in [0.4, 0.5) is 11.4 Å². The zero-order chi connectivity index (χ0) is 22.5. The van der Waals surface area contributed by atoms with Gasteiger partial charge < -0.3 is 10.1 Å². The molecule has 0 spiro atoms. The summed E-state index contributed by atoms with van der Waals surface area (Å²) in [5.74, 6) is 0.313. The summed E-state index contributed by atoms with van der Waals surface area (Å²) < 4.78 is 5.52. The molecule has 5 nitrogen and oxygen atoms in total. The molecule has 1 fully saturated rings. The van der Waals surface area contributed by atoms with Crippen molar-refractivity contribution >= 4 is 35.0 Å². The average Bonchev–Trinajstić information content (AvgIpc) is 3.18. The van der Waals surface area contributed by atoms with Gasteiger partial charge in [0.1, 0.15) is 12.0 Å². The van der Waals surface area contributed by atoms with E-state index in [1.165, 1.54) is 5.56 Å². The summed E-state index contributed by atoms with van der Waals surface area (Å²) in [6, 6.07) is 23.5. The Hall–Kier alpha value is -3.09. The second-order valence-electron chi connectivity index (χ2n) is 7.85. The fraction of sp³-hybridized carbons (Fsp3) is 0.231. The van der Waals surface area contributed by atoms with Crippen LogP contribution in [0.15, 0.2) is 72.8 Å². The third-order valence-corrected chi connectivity index (χ3v) is 6.65. The Kier molecular flexibility index (Phi) is 6.93. The van der Waals surface area contributed by atoms with Gasteiger partial charge in [0.2, 0.25) is 11.8 Å². The molecule has 0 aliphatic carbocycles. The van der Waals surface area contributed by atoms with Crippen molar-refractivity contribution in [2.24, 2.45) is 0 Å². The summed E-state index contributed by atoms with van der Waals surface area (Å²) in [6.45, 7) is 4.48. The van der Waals surface area contributed by atoms with E-state index in [0.29, 0.717) is 18.0 Å². The number of anilines is 2. The van der Waals surface area contributed by atoms with Crippen LogP contribution in [-0.2, 0) is 20.9 Å². The first-order valence-electron chi connectivity index (χ1n) is 10.5. The van der Waals surface area contributed by atoms with Crippen LogP contribution in [0.1, 0.15) is 27.6 Å². The molecule has 1 heterocycles. The quantitative estimate of drug-likeness (QED) is 0.539. The first-order valence-corrected chi connectivity index (χ1v) is 11.6.